The Kier molecular flexibility index (Phi) is 3.53. The minimum atomic E-state index is -1.47. The Morgan fingerprint density at radius 1 is 1.43 bits per heavy atom. The molecule has 0 amide bonds. The van der Waals surface area contributed by atoms with Crippen molar-refractivity contribution in [2.45, 2.75) is 0 Å². The highest BCUT2D eigenvalue weighted by atomic mass is 79.9. The van der Waals surface area contributed by atoms with Crippen molar-refractivity contribution in [3.05, 3.63) is 34.6 Å². The molecule has 5 heteroatoms. The summed E-state index contributed by atoms with van der Waals surface area (Å²) < 4.78 is 0.680. The van der Waals surface area contributed by atoms with Gasteiger partial charge in [0.05, 0.1) is 0 Å². The molecule has 0 unspecified atom stereocenters. The van der Waals surface area contributed by atoms with Crippen LogP contribution in [0.4, 0.5) is 0 Å². The fourth-order valence-electron chi connectivity index (χ4n) is 0.729. The smallest absolute Gasteiger partial charge is 0.376 e. The van der Waals surface area contributed by atoms with E-state index in [2.05, 4.69) is 20.9 Å². The highest BCUT2D eigenvalue weighted by Gasteiger charge is 2.05. The lowest BCUT2D eigenvalue weighted by Crippen LogP contribution is -2.08. The minimum absolute atomic E-state index is 0.669. The Balaban J connectivity index is 2.74. The van der Waals surface area contributed by atoms with E-state index >= 15 is 0 Å². The number of nitrogens with zero attached hydrogens (tertiary/aromatic N) is 1. The topological polar surface area (TPSA) is 67.3 Å². The monoisotopic (exact) mass is 255 g/mol. The molecule has 0 aliphatic carbocycles. The molecule has 1 aromatic heterocycles. The number of carboxylic acid groups (broad SMARTS) is 1. The van der Waals surface area contributed by atoms with Crippen LogP contribution in [0.3, 0.4) is 0 Å². The summed E-state index contributed by atoms with van der Waals surface area (Å²) in [5.74, 6) is -2.42. The predicted octanol–water partition coefficient (Wildman–Crippen LogP) is 1.51. The first-order valence-electron chi connectivity index (χ1n) is 3.66. The van der Waals surface area contributed by atoms with Crippen LogP contribution in [0.1, 0.15) is 5.56 Å². The van der Waals surface area contributed by atoms with E-state index in [1.807, 2.05) is 0 Å². The maximum absolute atomic E-state index is 10.7. The first-order chi connectivity index (χ1) is 6.59. The fraction of sp³-hybridized carbons (Fsp3) is 0. The number of hydrogen-bond acceptors (Lipinski definition) is 3. The van der Waals surface area contributed by atoms with Crippen LogP contribution in [0, 0.1) is 0 Å². The van der Waals surface area contributed by atoms with Gasteiger partial charge in [-0.15, -0.1) is 0 Å². The molecule has 0 aliphatic heterocycles. The number of aromatic nitrogens is 1. The number of pyridine rings is 1. The lowest BCUT2D eigenvalue weighted by atomic mass is 10.2. The van der Waals surface area contributed by atoms with Gasteiger partial charge in [0.2, 0.25) is 0 Å². The van der Waals surface area contributed by atoms with Crippen molar-refractivity contribution in [1.82, 2.24) is 4.98 Å². The van der Waals surface area contributed by atoms with Crippen LogP contribution < -0.4 is 0 Å². The summed E-state index contributed by atoms with van der Waals surface area (Å²) in [7, 11) is 0. The third-order valence-corrected chi connectivity index (χ3v) is 1.86. The van der Waals surface area contributed by atoms with Crippen molar-refractivity contribution in [1.29, 1.82) is 0 Å². The van der Waals surface area contributed by atoms with Gasteiger partial charge in [0, 0.05) is 6.20 Å². The van der Waals surface area contributed by atoms with Gasteiger partial charge in [-0.25, -0.2) is 9.78 Å². The summed E-state index contributed by atoms with van der Waals surface area (Å²) in [5.41, 5.74) is 0.669. The summed E-state index contributed by atoms with van der Waals surface area (Å²) in [6, 6.07) is 3.41. The van der Waals surface area contributed by atoms with E-state index in [0.29, 0.717) is 10.2 Å². The molecule has 0 spiro atoms. The molecule has 72 valence electrons. The summed E-state index contributed by atoms with van der Waals surface area (Å²) in [6.45, 7) is 0. The van der Waals surface area contributed by atoms with Crippen LogP contribution in [0.5, 0.6) is 0 Å². The second kappa shape index (κ2) is 4.66. The molecule has 4 nitrogen and oxygen atoms in total. The van der Waals surface area contributed by atoms with E-state index in [9.17, 15) is 9.59 Å². The molecule has 14 heavy (non-hydrogen) atoms. The first-order valence-corrected chi connectivity index (χ1v) is 4.46. The lowest BCUT2D eigenvalue weighted by Gasteiger charge is -1.91. The van der Waals surface area contributed by atoms with Crippen LogP contribution in [-0.2, 0) is 9.59 Å². The number of halogens is 1. The Morgan fingerprint density at radius 3 is 2.64 bits per heavy atom. The van der Waals surface area contributed by atoms with Crippen molar-refractivity contribution in [2.24, 2.45) is 0 Å². The summed E-state index contributed by atoms with van der Waals surface area (Å²) in [5, 5.41) is 8.28. The first kappa shape index (κ1) is 10.6. The van der Waals surface area contributed by atoms with Gasteiger partial charge in [-0.1, -0.05) is 6.07 Å². The van der Waals surface area contributed by atoms with E-state index in [4.69, 9.17) is 5.11 Å². The summed E-state index contributed by atoms with van der Waals surface area (Å²) >= 11 is 3.15. The van der Waals surface area contributed by atoms with Gasteiger partial charge >= 0.3 is 5.97 Å². The maximum Gasteiger partial charge on any atom is 0.376 e. The van der Waals surface area contributed by atoms with Crippen LogP contribution in [0.25, 0.3) is 6.08 Å². The van der Waals surface area contributed by atoms with Crippen LogP contribution >= 0.6 is 15.9 Å². The van der Waals surface area contributed by atoms with E-state index < -0.39 is 11.8 Å². The summed E-state index contributed by atoms with van der Waals surface area (Å²) in [4.78, 5) is 24.7. The van der Waals surface area contributed by atoms with Gasteiger partial charge < -0.3 is 5.11 Å². The van der Waals surface area contributed by atoms with Crippen molar-refractivity contribution >= 4 is 33.8 Å². The molecule has 0 bridgehead atoms. The van der Waals surface area contributed by atoms with Crippen molar-refractivity contribution in [2.75, 3.05) is 0 Å². The molecule has 1 N–H and O–H groups in total. The number of carboxylic acids is 1. The predicted molar refractivity (Wildman–Crippen MR) is 53.6 cm³/mol. The van der Waals surface area contributed by atoms with Gasteiger partial charge in [-0.2, -0.15) is 0 Å². The van der Waals surface area contributed by atoms with E-state index in [1.54, 1.807) is 12.1 Å². The molecule has 0 saturated heterocycles. The van der Waals surface area contributed by atoms with Gasteiger partial charge in [-0.3, -0.25) is 4.79 Å². The molecule has 1 aromatic rings. The number of aliphatic carboxylic acids is 1. The van der Waals surface area contributed by atoms with Crippen LogP contribution in [0.2, 0.25) is 0 Å². The second-order valence-electron chi connectivity index (χ2n) is 2.42. The molecule has 0 fully saturated rings. The maximum atomic E-state index is 10.7. The van der Waals surface area contributed by atoms with Crippen LogP contribution in [0.15, 0.2) is 29.0 Å². The van der Waals surface area contributed by atoms with Crippen molar-refractivity contribution in [3.63, 3.8) is 0 Å². The average molecular weight is 256 g/mol. The Labute approximate surface area is 88.4 Å². The largest absolute Gasteiger partial charge is 0.475 e. The van der Waals surface area contributed by atoms with Crippen molar-refractivity contribution < 1.29 is 14.7 Å². The zero-order valence-electron chi connectivity index (χ0n) is 6.98. The second-order valence-corrected chi connectivity index (χ2v) is 3.23. The molecule has 1 rings (SSSR count). The average Bonchev–Trinajstić information content (AvgIpc) is 2.16. The zero-order chi connectivity index (χ0) is 10.6. The SMILES string of the molecule is O=C(O)C(=O)/C=C/c1ccc(Br)nc1. The number of rotatable bonds is 3. The standard InChI is InChI=1S/C9H6BrNO3/c10-8-4-2-6(5-11-8)1-3-7(12)9(13)14/h1-5H,(H,13,14)/b3-1+. The Hall–Kier alpha value is -1.49. The third-order valence-electron chi connectivity index (χ3n) is 1.39. The molecule has 0 aliphatic rings. The van der Waals surface area contributed by atoms with E-state index in [0.717, 1.165) is 6.08 Å². The lowest BCUT2D eigenvalue weighted by molar-refractivity contribution is -0.146. The summed E-state index contributed by atoms with van der Waals surface area (Å²) in [6.07, 6.45) is 3.92. The quantitative estimate of drug-likeness (QED) is 0.505. The molecular weight excluding hydrogens is 250 g/mol. The van der Waals surface area contributed by atoms with E-state index in [1.165, 1.54) is 12.3 Å². The fourth-order valence-corrected chi connectivity index (χ4v) is 0.964. The normalized spacial score (nSPS) is 10.4. The van der Waals surface area contributed by atoms with Gasteiger partial charge in [0.15, 0.2) is 0 Å². The Morgan fingerprint density at radius 2 is 2.14 bits per heavy atom. The number of carbonyl (C=O) groups excluding carboxylic acids is 1. The highest BCUT2D eigenvalue weighted by molar-refractivity contribution is 9.10. The molecule has 0 atom stereocenters. The van der Waals surface area contributed by atoms with E-state index in [-0.39, 0.29) is 0 Å². The molecule has 1 heterocycles. The Bertz CT molecular complexity index is 384. The highest BCUT2D eigenvalue weighted by Crippen LogP contribution is 2.07. The third kappa shape index (κ3) is 3.10. The number of hydrogen-bond donors (Lipinski definition) is 1. The molecule has 0 radical (unpaired) electrons. The molecule has 0 aromatic carbocycles. The zero-order valence-corrected chi connectivity index (χ0v) is 8.56. The minimum Gasteiger partial charge on any atom is -0.475 e. The van der Waals surface area contributed by atoms with Gasteiger partial charge in [0.1, 0.15) is 4.60 Å². The molecular formula is C9H6BrNO3. The van der Waals surface area contributed by atoms with Gasteiger partial charge in [0.25, 0.3) is 5.78 Å². The van der Waals surface area contributed by atoms with Crippen LogP contribution in [-0.4, -0.2) is 21.8 Å². The van der Waals surface area contributed by atoms with Gasteiger partial charge in [-0.05, 0) is 39.7 Å². The molecule has 0 saturated carbocycles. The number of ketones is 1. The number of carbonyl (C=O) groups is 2. The van der Waals surface area contributed by atoms with Crippen molar-refractivity contribution in [3.8, 4) is 0 Å².